The highest BCUT2D eigenvalue weighted by Crippen LogP contribution is 2.40. The van der Waals surface area contributed by atoms with Crippen molar-refractivity contribution in [2.45, 2.75) is 25.3 Å². The third-order valence-electron chi connectivity index (χ3n) is 3.22. The SMILES string of the molecule is CC(C)(c1ccccc1)C(N)c1sccc1Br. The maximum atomic E-state index is 6.43. The number of nitrogens with two attached hydrogens (primary N) is 1. The molecule has 0 fully saturated rings. The first-order valence-corrected chi connectivity index (χ1v) is 7.24. The van der Waals surface area contributed by atoms with Crippen LogP contribution in [0.3, 0.4) is 0 Å². The molecule has 0 aliphatic carbocycles. The Morgan fingerprint density at radius 3 is 2.35 bits per heavy atom. The van der Waals surface area contributed by atoms with Crippen molar-refractivity contribution >= 4 is 27.3 Å². The van der Waals surface area contributed by atoms with Crippen LogP contribution in [0.1, 0.15) is 30.3 Å². The van der Waals surface area contributed by atoms with E-state index in [1.165, 1.54) is 10.4 Å². The molecule has 0 spiro atoms. The second-order valence-corrected chi connectivity index (χ2v) is 6.50. The molecule has 90 valence electrons. The molecule has 1 atom stereocenters. The number of thiophene rings is 1. The highest BCUT2D eigenvalue weighted by molar-refractivity contribution is 9.10. The maximum Gasteiger partial charge on any atom is 0.0494 e. The van der Waals surface area contributed by atoms with Crippen LogP contribution in [0.25, 0.3) is 0 Å². The minimum absolute atomic E-state index is 0.000671. The van der Waals surface area contributed by atoms with Gasteiger partial charge in [-0.3, -0.25) is 0 Å². The van der Waals surface area contributed by atoms with Crippen molar-refractivity contribution in [3.8, 4) is 0 Å². The normalized spacial score (nSPS) is 13.6. The van der Waals surface area contributed by atoms with Crippen LogP contribution in [0.2, 0.25) is 0 Å². The van der Waals surface area contributed by atoms with Gasteiger partial charge >= 0.3 is 0 Å². The smallest absolute Gasteiger partial charge is 0.0494 e. The Bertz CT molecular complexity index is 490. The second kappa shape index (κ2) is 4.92. The summed E-state index contributed by atoms with van der Waals surface area (Å²) in [5, 5.41) is 2.07. The van der Waals surface area contributed by atoms with Crippen molar-refractivity contribution in [3.05, 3.63) is 56.7 Å². The molecule has 0 radical (unpaired) electrons. The van der Waals surface area contributed by atoms with Crippen LogP contribution in [0.15, 0.2) is 46.3 Å². The summed E-state index contributed by atoms with van der Waals surface area (Å²) in [6.07, 6.45) is 0. The van der Waals surface area contributed by atoms with Gasteiger partial charge in [-0.25, -0.2) is 0 Å². The number of benzene rings is 1. The standard InChI is InChI=1S/C14H16BrNS/c1-14(2,10-6-4-3-5-7-10)13(16)12-11(15)8-9-17-12/h3-9,13H,16H2,1-2H3. The number of halogens is 1. The van der Waals surface area contributed by atoms with E-state index >= 15 is 0 Å². The molecule has 1 aromatic carbocycles. The van der Waals surface area contributed by atoms with E-state index in [2.05, 4.69) is 65.5 Å². The van der Waals surface area contributed by atoms with Crippen molar-refractivity contribution in [2.24, 2.45) is 5.73 Å². The van der Waals surface area contributed by atoms with Crippen LogP contribution in [0.4, 0.5) is 0 Å². The fourth-order valence-corrected chi connectivity index (χ4v) is 3.71. The van der Waals surface area contributed by atoms with Crippen molar-refractivity contribution in [3.63, 3.8) is 0 Å². The molecular weight excluding hydrogens is 294 g/mol. The minimum Gasteiger partial charge on any atom is -0.323 e. The van der Waals surface area contributed by atoms with Gasteiger partial charge < -0.3 is 5.73 Å². The van der Waals surface area contributed by atoms with Gasteiger partial charge in [0.25, 0.3) is 0 Å². The highest BCUT2D eigenvalue weighted by atomic mass is 79.9. The van der Waals surface area contributed by atoms with Crippen LogP contribution < -0.4 is 5.73 Å². The Balaban J connectivity index is 2.37. The number of hydrogen-bond donors (Lipinski definition) is 1. The van der Waals surface area contributed by atoms with Crippen LogP contribution in [-0.4, -0.2) is 0 Å². The summed E-state index contributed by atoms with van der Waals surface area (Å²) in [7, 11) is 0. The van der Waals surface area contributed by atoms with E-state index in [4.69, 9.17) is 5.73 Å². The lowest BCUT2D eigenvalue weighted by Crippen LogP contribution is -2.32. The summed E-state index contributed by atoms with van der Waals surface area (Å²) < 4.78 is 1.11. The zero-order valence-electron chi connectivity index (χ0n) is 9.98. The van der Waals surface area contributed by atoms with E-state index in [-0.39, 0.29) is 11.5 Å². The molecule has 2 N–H and O–H groups in total. The first-order valence-electron chi connectivity index (χ1n) is 5.57. The summed E-state index contributed by atoms with van der Waals surface area (Å²) >= 11 is 5.27. The molecular formula is C14H16BrNS. The van der Waals surface area contributed by atoms with Gasteiger partial charge in [-0.1, -0.05) is 44.2 Å². The quantitative estimate of drug-likeness (QED) is 0.888. The average Bonchev–Trinajstić information content (AvgIpc) is 2.75. The molecule has 0 aliphatic rings. The van der Waals surface area contributed by atoms with Crippen molar-refractivity contribution in [1.29, 1.82) is 0 Å². The first-order chi connectivity index (χ1) is 8.03. The van der Waals surface area contributed by atoms with Crippen LogP contribution in [0, 0.1) is 0 Å². The topological polar surface area (TPSA) is 26.0 Å². The van der Waals surface area contributed by atoms with E-state index < -0.39 is 0 Å². The zero-order chi connectivity index (χ0) is 12.5. The lowest BCUT2D eigenvalue weighted by Gasteiger charge is -2.32. The van der Waals surface area contributed by atoms with E-state index in [0.29, 0.717) is 0 Å². The Morgan fingerprint density at radius 1 is 1.18 bits per heavy atom. The van der Waals surface area contributed by atoms with Gasteiger partial charge in [0.15, 0.2) is 0 Å². The van der Waals surface area contributed by atoms with Gasteiger partial charge in [-0.05, 0) is 32.9 Å². The van der Waals surface area contributed by atoms with E-state index in [9.17, 15) is 0 Å². The predicted molar refractivity (Wildman–Crippen MR) is 78.4 cm³/mol. The Hall–Kier alpha value is -0.640. The highest BCUT2D eigenvalue weighted by Gasteiger charge is 2.31. The Labute approximate surface area is 115 Å². The van der Waals surface area contributed by atoms with Gasteiger partial charge in [-0.15, -0.1) is 11.3 Å². The van der Waals surface area contributed by atoms with Gasteiger partial charge in [0.05, 0.1) is 0 Å². The third kappa shape index (κ3) is 2.46. The van der Waals surface area contributed by atoms with Crippen molar-refractivity contribution in [1.82, 2.24) is 0 Å². The van der Waals surface area contributed by atoms with Crippen LogP contribution in [-0.2, 0) is 5.41 Å². The molecule has 0 saturated heterocycles. The molecule has 2 aromatic rings. The molecule has 17 heavy (non-hydrogen) atoms. The summed E-state index contributed by atoms with van der Waals surface area (Å²) in [5.41, 5.74) is 7.63. The minimum atomic E-state index is -0.0748. The predicted octanol–water partition coefficient (Wildman–Crippen LogP) is 4.49. The van der Waals surface area contributed by atoms with Crippen molar-refractivity contribution < 1.29 is 0 Å². The monoisotopic (exact) mass is 309 g/mol. The lowest BCUT2D eigenvalue weighted by atomic mass is 9.77. The second-order valence-electron chi connectivity index (χ2n) is 4.70. The fourth-order valence-electron chi connectivity index (χ4n) is 1.90. The molecule has 2 rings (SSSR count). The number of hydrogen-bond acceptors (Lipinski definition) is 2. The largest absolute Gasteiger partial charge is 0.323 e. The molecule has 1 unspecified atom stereocenters. The van der Waals surface area contributed by atoms with Gasteiger partial charge in [0, 0.05) is 20.8 Å². The van der Waals surface area contributed by atoms with Crippen LogP contribution in [0.5, 0.6) is 0 Å². The Kier molecular flexibility index (Phi) is 3.71. The zero-order valence-corrected chi connectivity index (χ0v) is 12.4. The first kappa shape index (κ1) is 12.8. The molecule has 3 heteroatoms. The lowest BCUT2D eigenvalue weighted by molar-refractivity contribution is 0.425. The summed E-state index contributed by atoms with van der Waals surface area (Å²) in [4.78, 5) is 1.21. The molecule has 1 aromatic heterocycles. The molecule has 0 bridgehead atoms. The molecule has 0 amide bonds. The van der Waals surface area contributed by atoms with Gasteiger partial charge in [0.1, 0.15) is 0 Å². The summed E-state index contributed by atoms with van der Waals surface area (Å²) in [6, 6.07) is 12.5. The van der Waals surface area contributed by atoms with Gasteiger partial charge in [0.2, 0.25) is 0 Å². The van der Waals surface area contributed by atoms with Gasteiger partial charge in [-0.2, -0.15) is 0 Å². The van der Waals surface area contributed by atoms with Crippen molar-refractivity contribution in [2.75, 3.05) is 0 Å². The molecule has 0 saturated carbocycles. The summed E-state index contributed by atoms with van der Waals surface area (Å²) in [5.74, 6) is 0. The van der Waals surface area contributed by atoms with E-state index in [1.807, 2.05) is 6.07 Å². The summed E-state index contributed by atoms with van der Waals surface area (Å²) in [6.45, 7) is 4.39. The molecule has 0 aliphatic heterocycles. The fraction of sp³-hybridized carbons (Fsp3) is 0.286. The van der Waals surface area contributed by atoms with E-state index in [0.717, 1.165) is 4.47 Å². The third-order valence-corrected chi connectivity index (χ3v) is 5.18. The molecule has 1 heterocycles. The van der Waals surface area contributed by atoms with Crippen LogP contribution >= 0.6 is 27.3 Å². The average molecular weight is 310 g/mol. The Morgan fingerprint density at radius 2 is 1.82 bits per heavy atom. The maximum absolute atomic E-state index is 6.43. The number of rotatable bonds is 3. The van der Waals surface area contributed by atoms with E-state index in [1.54, 1.807) is 11.3 Å². The molecule has 1 nitrogen and oxygen atoms in total.